The summed E-state index contributed by atoms with van der Waals surface area (Å²) in [7, 11) is 2.07. The van der Waals surface area contributed by atoms with E-state index in [1.165, 1.54) is 41.3 Å². The molecule has 106 valence electrons. The summed E-state index contributed by atoms with van der Waals surface area (Å²) >= 11 is 3.62. The molecule has 1 unspecified atom stereocenters. The Morgan fingerprint density at radius 1 is 1.37 bits per heavy atom. The third-order valence-electron chi connectivity index (χ3n) is 3.86. The third-order valence-corrected chi connectivity index (χ3v) is 4.31. The molecule has 1 aromatic carbocycles. The van der Waals surface area contributed by atoms with Gasteiger partial charge in [-0.25, -0.2) is 0 Å². The minimum Gasteiger partial charge on any atom is -0.493 e. The van der Waals surface area contributed by atoms with Gasteiger partial charge in [0.15, 0.2) is 0 Å². The lowest BCUT2D eigenvalue weighted by Gasteiger charge is -2.18. The molecular weight excluding hydrogens is 302 g/mol. The first-order valence-electron chi connectivity index (χ1n) is 7.36. The molecule has 0 saturated carbocycles. The zero-order chi connectivity index (χ0) is 13.7. The van der Waals surface area contributed by atoms with Crippen molar-refractivity contribution in [2.24, 2.45) is 0 Å². The number of hydrogen-bond donors (Lipinski definition) is 1. The summed E-state index contributed by atoms with van der Waals surface area (Å²) in [5.74, 6) is 1.14. The van der Waals surface area contributed by atoms with Crippen LogP contribution in [0, 0.1) is 0 Å². The van der Waals surface area contributed by atoms with Crippen LogP contribution in [0.5, 0.6) is 5.75 Å². The monoisotopic (exact) mass is 325 g/mol. The number of hydrogen-bond acceptors (Lipinski definition) is 2. The van der Waals surface area contributed by atoms with E-state index in [0.717, 1.165) is 25.2 Å². The van der Waals surface area contributed by atoms with E-state index in [1.54, 1.807) is 0 Å². The topological polar surface area (TPSA) is 21.3 Å². The average Bonchev–Trinajstić information content (AvgIpc) is 2.85. The number of unbranched alkanes of at least 4 members (excludes halogenated alkanes) is 2. The molecule has 1 atom stereocenters. The quantitative estimate of drug-likeness (QED) is 0.762. The van der Waals surface area contributed by atoms with E-state index in [9.17, 15) is 0 Å². The summed E-state index contributed by atoms with van der Waals surface area (Å²) in [6.45, 7) is 3.09. The van der Waals surface area contributed by atoms with Gasteiger partial charge in [0.1, 0.15) is 5.75 Å². The molecule has 0 aliphatic carbocycles. The molecular formula is C16H24BrNO. The molecule has 1 aliphatic rings. The Balaban J connectivity index is 2.05. The lowest BCUT2D eigenvalue weighted by molar-refractivity contribution is 0.351. The maximum absolute atomic E-state index is 5.81. The Morgan fingerprint density at radius 2 is 2.21 bits per heavy atom. The zero-order valence-corrected chi connectivity index (χ0v) is 13.6. The van der Waals surface area contributed by atoms with Gasteiger partial charge >= 0.3 is 0 Å². The van der Waals surface area contributed by atoms with Gasteiger partial charge in [-0.2, -0.15) is 0 Å². The highest BCUT2D eigenvalue weighted by Gasteiger charge is 2.19. The number of nitrogens with one attached hydrogen (secondary N) is 1. The maximum atomic E-state index is 5.81. The molecule has 0 bridgehead atoms. The Kier molecular flexibility index (Phi) is 5.71. The molecule has 0 fully saturated rings. The molecule has 2 nitrogen and oxygen atoms in total. The second kappa shape index (κ2) is 7.30. The van der Waals surface area contributed by atoms with Gasteiger partial charge in [-0.3, -0.25) is 0 Å². The largest absolute Gasteiger partial charge is 0.493 e. The smallest absolute Gasteiger partial charge is 0.125 e. The minimum absolute atomic E-state index is 0.550. The number of ether oxygens (including phenoxy) is 1. The molecule has 1 aromatic rings. The van der Waals surface area contributed by atoms with E-state index in [1.807, 2.05) is 0 Å². The van der Waals surface area contributed by atoms with Crippen LogP contribution in [0.2, 0.25) is 0 Å². The van der Waals surface area contributed by atoms with E-state index in [0.29, 0.717) is 6.04 Å². The van der Waals surface area contributed by atoms with Crippen molar-refractivity contribution in [3.05, 3.63) is 27.7 Å². The first-order chi connectivity index (χ1) is 9.24. The van der Waals surface area contributed by atoms with Crippen LogP contribution in [-0.2, 0) is 12.8 Å². The minimum atomic E-state index is 0.550. The summed E-state index contributed by atoms with van der Waals surface area (Å²) in [6, 6.07) is 4.96. The second-order valence-corrected chi connectivity index (χ2v) is 6.25. The highest BCUT2D eigenvalue weighted by Crippen LogP contribution is 2.34. The molecule has 0 amide bonds. The lowest BCUT2D eigenvalue weighted by atomic mass is 9.98. The van der Waals surface area contributed by atoms with Crippen molar-refractivity contribution < 1.29 is 4.74 Å². The second-order valence-electron chi connectivity index (χ2n) is 5.34. The Bertz CT molecular complexity index is 419. The highest BCUT2D eigenvalue weighted by molar-refractivity contribution is 9.10. The summed E-state index contributed by atoms with van der Waals surface area (Å²) in [5, 5.41) is 3.45. The van der Waals surface area contributed by atoms with Gasteiger partial charge in [0.25, 0.3) is 0 Å². The van der Waals surface area contributed by atoms with E-state index in [2.05, 4.69) is 47.4 Å². The molecule has 3 heteroatoms. The van der Waals surface area contributed by atoms with Crippen LogP contribution in [0.15, 0.2) is 16.6 Å². The Labute approximate surface area is 125 Å². The van der Waals surface area contributed by atoms with Gasteiger partial charge in [-0.1, -0.05) is 42.1 Å². The molecule has 1 N–H and O–H groups in total. The van der Waals surface area contributed by atoms with Crippen LogP contribution in [0.25, 0.3) is 0 Å². The number of likely N-dealkylation sites (N-methyl/N-ethyl adjacent to an activating group) is 1. The molecule has 2 rings (SSSR count). The van der Waals surface area contributed by atoms with Crippen LogP contribution >= 0.6 is 15.9 Å². The summed E-state index contributed by atoms with van der Waals surface area (Å²) in [6.07, 6.45) is 7.26. The number of halogens is 1. The Morgan fingerprint density at radius 3 is 2.95 bits per heavy atom. The highest BCUT2D eigenvalue weighted by atomic mass is 79.9. The van der Waals surface area contributed by atoms with Gasteiger partial charge in [-0.15, -0.1) is 0 Å². The standard InChI is InChI=1S/C16H24BrNO/c1-3-4-5-6-15(18-2)11-13-10-14(17)9-12-7-8-19-16(12)13/h9-10,15,18H,3-8,11H2,1-2H3. The fourth-order valence-corrected chi connectivity index (χ4v) is 3.30. The normalized spacial score (nSPS) is 15.1. The first kappa shape index (κ1) is 14.9. The molecule has 0 radical (unpaired) electrons. The van der Waals surface area contributed by atoms with Gasteiger partial charge in [0, 0.05) is 16.9 Å². The van der Waals surface area contributed by atoms with Crippen molar-refractivity contribution in [3.63, 3.8) is 0 Å². The van der Waals surface area contributed by atoms with Crippen molar-refractivity contribution in [3.8, 4) is 5.75 Å². The van der Waals surface area contributed by atoms with Crippen LogP contribution < -0.4 is 10.1 Å². The van der Waals surface area contributed by atoms with Crippen LogP contribution in [-0.4, -0.2) is 19.7 Å². The van der Waals surface area contributed by atoms with Crippen molar-refractivity contribution in [1.29, 1.82) is 0 Å². The van der Waals surface area contributed by atoms with Crippen molar-refractivity contribution >= 4 is 15.9 Å². The first-order valence-corrected chi connectivity index (χ1v) is 8.15. The third kappa shape index (κ3) is 3.96. The van der Waals surface area contributed by atoms with Crippen LogP contribution in [0.1, 0.15) is 43.7 Å². The van der Waals surface area contributed by atoms with Crippen molar-refractivity contribution in [2.45, 2.75) is 51.5 Å². The zero-order valence-electron chi connectivity index (χ0n) is 12.0. The van der Waals surface area contributed by atoms with Crippen LogP contribution in [0.3, 0.4) is 0 Å². The molecule has 1 heterocycles. The van der Waals surface area contributed by atoms with E-state index < -0.39 is 0 Å². The van der Waals surface area contributed by atoms with E-state index in [-0.39, 0.29) is 0 Å². The maximum Gasteiger partial charge on any atom is 0.125 e. The predicted molar refractivity (Wildman–Crippen MR) is 84.0 cm³/mol. The van der Waals surface area contributed by atoms with Crippen molar-refractivity contribution in [2.75, 3.05) is 13.7 Å². The summed E-state index contributed by atoms with van der Waals surface area (Å²) in [4.78, 5) is 0. The number of benzene rings is 1. The molecule has 1 aliphatic heterocycles. The number of fused-ring (bicyclic) bond motifs is 1. The SMILES string of the molecule is CCCCCC(Cc1cc(Br)cc2c1OCC2)NC. The summed E-state index contributed by atoms with van der Waals surface area (Å²) in [5.41, 5.74) is 2.70. The number of rotatable bonds is 7. The van der Waals surface area contributed by atoms with E-state index >= 15 is 0 Å². The van der Waals surface area contributed by atoms with Crippen LogP contribution in [0.4, 0.5) is 0 Å². The fraction of sp³-hybridized carbons (Fsp3) is 0.625. The average molecular weight is 326 g/mol. The molecule has 19 heavy (non-hydrogen) atoms. The molecule has 0 spiro atoms. The fourth-order valence-electron chi connectivity index (χ4n) is 2.75. The van der Waals surface area contributed by atoms with Gasteiger partial charge < -0.3 is 10.1 Å². The Hall–Kier alpha value is -0.540. The molecule has 0 aromatic heterocycles. The summed E-state index contributed by atoms with van der Waals surface area (Å²) < 4.78 is 6.98. The lowest BCUT2D eigenvalue weighted by Crippen LogP contribution is -2.27. The van der Waals surface area contributed by atoms with Crippen molar-refractivity contribution in [1.82, 2.24) is 5.32 Å². The van der Waals surface area contributed by atoms with Gasteiger partial charge in [0.2, 0.25) is 0 Å². The van der Waals surface area contributed by atoms with E-state index in [4.69, 9.17) is 4.74 Å². The van der Waals surface area contributed by atoms with Gasteiger partial charge in [0.05, 0.1) is 6.61 Å². The van der Waals surface area contributed by atoms with Gasteiger partial charge in [-0.05, 0) is 43.1 Å². The predicted octanol–water partition coefficient (Wildman–Crippen LogP) is 4.09. The molecule has 0 saturated heterocycles.